The quantitative estimate of drug-likeness (QED) is 0.0323. The summed E-state index contributed by atoms with van der Waals surface area (Å²) in [6.07, 6.45) is -17.9. The van der Waals surface area contributed by atoms with Crippen LogP contribution in [0.3, 0.4) is 0 Å². The highest BCUT2D eigenvalue weighted by molar-refractivity contribution is 6.27. The molecule has 0 fully saturated rings. The molecular formula is C24H50O24. The predicted octanol–water partition coefficient (Wildman–Crippen LogP) is -8.86. The van der Waals surface area contributed by atoms with Crippen molar-refractivity contribution in [1.29, 1.82) is 0 Å². The Labute approximate surface area is 272 Å². The third-order valence-corrected chi connectivity index (χ3v) is 4.12. The van der Waals surface area contributed by atoms with E-state index in [1.807, 2.05) is 0 Å². The summed E-state index contributed by atoms with van der Waals surface area (Å²) < 4.78 is 0. The van der Waals surface area contributed by atoms with Crippen LogP contribution in [0.4, 0.5) is 0 Å². The van der Waals surface area contributed by atoms with E-state index in [2.05, 4.69) is 0 Å². The van der Waals surface area contributed by atoms with Crippen molar-refractivity contribution in [2.75, 3.05) is 26.4 Å². The van der Waals surface area contributed by atoms with Gasteiger partial charge in [0.1, 0.15) is 73.4 Å². The Bertz CT molecular complexity index is 762. The number of aliphatic hydroxyl groups is 15. The van der Waals surface area contributed by atoms with Gasteiger partial charge in [-0.25, -0.2) is 0 Å². The first-order valence-electron chi connectivity index (χ1n) is 12.8. The van der Waals surface area contributed by atoms with Crippen LogP contribution in [0.5, 0.6) is 0 Å². The summed E-state index contributed by atoms with van der Waals surface area (Å²) >= 11 is 0. The lowest BCUT2D eigenvalue weighted by atomic mass is 10.0. The topological polar surface area (TPSA) is 463 Å². The minimum Gasteiger partial charge on any atom is -0.394 e. The molecule has 0 heterocycles. The van der Waals surface area contributed by atoms with Crippen molar-refractivity contribution in [3.63, 3.8) is 0 Å². The van der Waals surface area contributed by atoms with Crippen molar-refractivity contribution in [1.82, 2.24) is 0 Å². The molecule has 10 unspecified atom stereocenters. The Morgan fingerprint density at radius 3 is 1.06 bits per heavy atom. The highest BCUT2D eigenvalue weighted by Crippen LogP contribution is 2.03. The molecule has 24 nitrogen and oxygen atoms in total. The van der Waals surface area contributed by atoms with Gasteiger partial charge in [0.25, 0.3) is 0 Å². The Balaban J connectivity index is -0.0000000899. The van der Waals surface area contributed by atoms with Crippen molar-refractivity contribution < 1.29 is 111 Å². The van der Waals surface area contributed by atoms with Crippen LogP contribution >= 0.6 is 0 Å². The summed E-state index contributed by atoms with van der Waals surface area (Å²) in [6, 6.07) is 0. The fourth-order valence-corrected chi connectivity index (χ4v) is 1.78. The molecule has 0 aromatic heterocycles. The van der Waals surface area contributed by atoms with Gasteiger partial charge in [0.2, 0.25) is 5.78 Å². The van der Waals surface area contributed by atoms with Crippen LogP contribution in [-0.4, -0.2) is 211 Å². The summed E-state index contributed by atoms with van der Waals surface area (Å²) in [4.78, 5) is 64.1. The van der Waals surface area contributed by atoms with E-state index >= 15 is 0 Å². The van der Waals surface area contributed by atoms with Crippen LogP contribution in [0.15, 0.2) is 0 Å². The molecule has 48 heavy (non-hydrogen) atoms. The monoisotopic (exact) mass is 722 g/mol. The van der Waals surface area contributed by atoms with E-state index in [-0.39, 0.29) is 24.5 Å². The SMILES string of the molecule is CC(C)=O.CC(C)O.O=C(CO)C(O)C(O)C(O)CO.O=CC(=O)C(O)C(O)C(O)CO.O=CC(O)C(O)C(O)C(O)CO.O=O.OO. The number of hydrogen-bond acceptors (Lipinski definition) is 24. The fraction of sp³-hybridized carbons (Fsp3) is 0.792. The van der Waals surface area contributed by atoms with E-state index in [0.717, 1.165) is 0 Å². The third-order valence-electron chi connectivity index (χ3n) is 4.12. The molecule has 10 atom stereocenters. The highest BCUT2D eigenvalue weighted by Gasteiger charge is 2.30. The van der Waals surface area contributed by atoms with Gasteiger partial charge < -0.3 is 86.2 Å². The number of carbonyl (C=O) groups excluding carboxylic acids is 5. The molecule has 0 spiro atoms. The van der Waals surface area contributed by atoms with Gasteiger partial charge in [-0.1, -0.05) is 0 Å². The first-order valence-corrected chi connectivity index (χ1v) is 12.8. The number of hydrogen-bond donors (Lipinski definition) is 17. The van der Waals surface area contributed by atoms with Crippen LogP contribution in [0, 0.1) is 9.93 Å². The summed E-state index contributed by atoms with van der Waals surface area (Å²) in [6.45, 7) is 3.25. The van der Waals surface area contributed by atoms with Crippen LogP contribution in [0.2, 0.25) is 0 Å². The van der Waals surface area contributed by atoms with Crippen LogP contribution in [0.25, 0.3) is 0 Å². The van der Waals surface area contributed by atoms with Crippen molar-refractivity contribution in [2.45, 2.75) is 94.8 Å². The molecular weight excluding hydrogens is 672 g/mol. The third kappa shape index (κ3) is 37.7. The van der Waals surface area contributed by atoms with Crippen molar-refractivity contribution in [3.05, 3.63) is 9.93 Å². The van der Waals surface area contributed by atoms with Gasteiger partial charge >= 0.3 is 0 Å². The number of ketones is 3. The minimum atomic E-state index is -1.98. The number of aldehydes is 2. The molecule has 24 heteroatoms. The van der Waals surface area contributed by atoms with Crippen LogP contribution < -0.4 is 0 Å². The molecule has 290 valence electrons. The Kier molecular flexibility index (Phi) is 51.0. The van der Waals surface area contributed by atoms with Gasteiger partial charge in [-0.3, -0.25) is 24.9 Å². The zero-order valence-corrected chi connectivity index (χ0v) is 26.3. The lowest BCUT2D eigenvalue weighted by molar-refractivity contribution is -0.176. The molecule has 0 aromatic carbocycles. The van der Waals surface area contributed by atoms with E-state index in [4.69, 9.17) is 97.0 Å². The van der Waals surface area contributed by atoms with Gasteiger partial charge in [0, 0.05) is 16.0 Å². The summed E-state index contributed by atoms with van der Waals surface area (Å²) in [5.41, 5.74) is 0. The molecule has 0 aliphatic rings. The standard InChI is InChI=1S/2C6H12O6.C6H10O6.C3H8O.C3H6O.H2O2.O2/c3*7-1-3(9)5(11)6(12)4(10)2-8;2*1-3(2)4;2*1-2/h3,5-9,11-12H,1-2H2;1,3-6,8-12H,2H2;1,4-6,8,10-12H,2H2;3-4H,1-2H3;1-2H3;1-2H;. The molecule has 0 aromatic rings. The normalized spacial score (nSPS) is 15.9. The zero-order chi connectivity index (χ0) is 40.3. The van der Waals surface area contributed by atoms with Gasteiger partial charge in [0.15, 0.2) is 18.4 Å². The molecule has 17 N–H and O–H groups in total. The molecule has 0 radical (unpaired) electrons. The fourth-order valence-electron chi connectivity index (χ4n) is 1.78. The Morgan fingerprint density at radius 2 is 0.833 bits per heavy atom. The summed E-state index contributed by atoms with van der Waals surface area (Å²) in [5.74, 6) is -2.08. The van der Waals surface area contributed by atoms with Crippen molar-refractivity contribution in [2.24, 2.45) is 0 Å². The van der Waals surface area contributed by atoms with E-state index < -0.39 is 99.0 Å². The zero-order valence-electron chi connectivity index (χ0n) is 26.3. The van der Waals surface area contributed by atoms with Gasteiger partial charge in [-0.15, -0.1) is 0 Å². The maximum atomic E-state index is 10.5. The maximum Gasteiger partial charge on any atom is 0.226 e. The Hall–Kier alpha value is -2.73. The van der Waals surface area contributed by atoms with E-state index in [1.165, 1.54) is 13.8 Å². The van der Waals surface area contributed by atoms with Gasteiger partial charge in [-0.05, 0) is 27.7 Å². The smallest absolute Gasteiger partial charge is 0.226 e. The minimum absolute atomic E-state index is 0.0258. The van der Waals surface area contributed by atoms with Gasteiger partial charge in [-0.2, -0.15) is 0 Å². The van der Waals surface area contributed by atoms with E-state index in [1.54, 1.807) is 13.8 Å². The van der Waals surface area contributed by atoms with Crippen molar-refractivity contribution >= 4 is 29.9 Å². The number of rotatable bonds is 15. The lowest BCUT2D eigenvalue weighted by Gasteiger charge is -2.22. The molecule has 0 rings (SSSR count). The van der Waals surface area contributed by atoms with Crippen LogP contribution in [0.1, 0.15) is 27.7 Å². The predicted molar refractivity (Wildman–Crippen MR) is 156 cm³/mol. The Morgan fingerprint density at radius 1 is 0.562 bits per heavy atom. The molecule has 0 aliphatic heterocycles. The molecule has 0 bridgehead atoms. The number of Topliss-reactive ketones (excluding diaryl/α,β-unsaturated/α-hetero) is 3. The van der Waals surface area contributed by atoms with Crippen LogP contribution in [-0.2, 0) is 24.0 Å². The van der Waals surface area contributed by atoms with E-state index in [9.17, 15) is 24.0 Å². The largest absolute Gasteiger partial charge is 0.394 e. The summed E-state index contributed by atoms with van der Waals surface area (Å²) in [5, 5.41) is 141. The second-order valence-corrected chi connectivity index (χ2v) is 8.88. The summed E-state index contributed by atoms with van der Waals surface area (Å²) in [7, 11) is 0. The molecule has 0 saturated heterocycles. The number of carbonyl (C=O) groups is 5. The second kappa shape index (κ2) is 40.4. The molecule has 0 saturated carbocycles. The van der Waals surface area contributed by atoms with Gasteiger partial charge in [0.05, 0.1) is 19.8 Å². The number of aliphatic hydroxyl groups excluding tert-OH is 15. The first-order chi connectivity index (χ1) is 22.1. The van der Waals surface area contributed by atoms with E-state index in [0.29, 0.717) is 0 Å². The van der Waals surface area contributed by atoms with Crippen molar-refractivity contribution in [3.8, 4) is 0 Å². The maximum absolute atomic E-state index is 10.5. The average molecular weight is 723 g/mol. The second-order valence-electron chi connectivity index (χ2n) is 8.88. The highest BCUT2D eigenvalue weighted by atomic mass is 17.0. The average Bonchev–Trinajstić information content (AvgIpc) is 3.08. The first kappa shape index (κ1) is 60.6. The molecule has 0 aliphatic carbocycles. The lowest BCUT2D eigenvalue weighted by Crippen LogP contribution is -2.46. The molecule has 0 amide bonds.